The minimum Gasteiger partial charge on any atom is -0.508 e. The number of nitrogens with zero attached hydrogens (tertiary/aromatic N) is 2. The topological polar surface area (TPSA) is 118 Å². The Morgan fingerprint density at radius 3 is 2.07 bits per heavy atom. The Bertz CT molecular complexity index is 695. The van der Waals surface area contributed by atoms with Crippen LogP contribution in [0.3, 0.4) is 0 Å². The zero-order chi connectivity index (χ0) is 21.4. The van der Waals surface area contributed by atoms with Gasteiger partial charge in [0.05, 0.1) is 0 Å². The molecule has 1 amide bonds. The molecule has 8 nitrogen and oxygen atoms in total. The van der Waals surface area contributed by atoms with E-state index in [0.29, 0.717) is 11.7 Å². The van der Waals surface area contributed by atoms with Gasteiger partial charge in [-0.15, -0.1) is 0 Å². The van der Waals surface area contributed by atoms with Gasteiger partial charge in [-0.05, 0) is 62.4 Å². The molecule has 8 heteroatoms. The number of amides is 1. The molecule has 2 heterocycles. The molecule has 2 saturated heterocycles. The standard InChI is InChI=1S/C19H28N2O2.C2H2O4/c1-15-5-11-21(12-6-15)19(23)17-7-9-20(10-8-17)14-16-3-2-4-18(22)13-16;3-1(4)2(5)6/h2-4,13,15,17,22H,5-12,14H2,1H3;(H,3,4)(H,5,6). The van der Waals surface area contributed by atoms with Gasteiger partial charge in [0.15, 0.2) is 0 Å². The van der Waals surface area contributed by atoms with Crippen molar-refractivity contribution in [2.24, 2.45) is 11.8 Å². The zero-order valence-electron chi connectivity index (χ0n) is 16.8. The second-order valence-electron chi connectivity index (χ2n) is 7.84. The number of hydrogen-bond donors (Lipinski definition) is 3. The van der Waals surface area contributed by atoms with Crippen LogP contribution >= 0.6 is 0 Å². The molecule has 0 bridgehead atoms. The van der Waals surface area contributed by atoms with Gasteiger partial charge in [0.2, 0.25) is 5.91 Å². The van der Waals surface area contributed by atoms with Gasteiger partial charge in [-0.1, -0.05) is 19.1 Å². The summed E-state index contributed by atoms with van der Waals surface area (Å²) in [6.07, 6.45) is 4.23. The highest BCUT2D eigenvalue weighted by Crippen LogP contribution is 2.24. The fraction of sp³-hybridized carbons (Fsp3) is 0.571. The summed E-state index contributed by atoms with van der Waals surface area (Å²) < 4.78 is 0. The third-order valence-corrected chi connectivity index (χ3v) is 5.53. The first kappa shape index (κ1) is 22.7. The van der Waals surface area contributed by atoms with Crippen LogP contribution in [0.1, 0.15) is 38.2 Å². The highest BCUT2D eigenvalue weighted by atomic mass is 16.4. The van der Waals surface area contributed by atoms with E-state index in [1.54, 1.807) is 6.07 Å². The number of carboxylic acid groups (broad SMARTS) is 2. The van der Waals surface area contributed by atoms with E-state index in [1.165, 1.54) is 0 Å². The van der Waals surface area contributed by atoms with Crippen LogP contribution in [-0.2, 0) is 20.9 Å². The number of aromatic hydroxyl groups is 1. The van der Waals surface area contributed by atoms with E-state index in [1.807, 2.05) is 18.2 Å². The number of piperidine rings is 2. The number of rotatable bonds is 3. The minimum absolute atomic E-state index is 0.212. The van der Waals surface area contributed by atoms with Crippen LogP contribution in [0.2, 0.25) is 0 Å². The van der Waals surface area contributed by atoms with Crippen molar-refractivity contribution in [3.8, 4) is 5.75 Å². The molecular weight excluding hydrogens is 376 g/mol. The van der Waals surface area contributed by atoms with Gasteiger partial charge < -0.3 is 20.2 Å². The van der Waals surface area contributed by atoms with E-state index in [-0.39, 0.29) is 5.92 Å². The number of benzene rings is 1. The van der Waals surface area contributed by atoms with Gasteiger partial charge in [-0.25, -0.2) is 9.59 Å². The summed E-state index contributed by atoms with van der Waals surface area (Å²) in [6, 6.07) is 7.46. The third-order valence-electron chi connectivity index (χ3n) is 5.53. The molecule has 160 valence electrons. The summed E-state index contributed by atoms with van der Waals surface area (Å²) >= 11 is 0. The molecule has 29 heavy (non-hydrogen) atoms. The van der Waals surface area contributed by atoms with Gasteiger partial charge in [0, 0.05) is 25.6 Å². The molecule has 2 aliphatic rings. The molecule has 0 spiro atoms. The van der Waals surface area contributed by atoms with Crippen LogP contribution in [0.5, 0.6) is 5.75 Å². The SMILES string of the molecule is CC1CCN(C(=O)C2CCN(Cc3cccc(O)c3)CC2)CC1.O=C(O)C(=O)O. The highest BCUT2D eigenvalue weighted by molar-refractivity contribution is 6.27. The molecule has 0 saturated carbocycles. The largest absolute Gasteiger partial charge is 0.508 e. The number of carbonyl (C=O) groups excluding carboxylic acids is 1. The van der Waals surface area contributed by atoms with Crippen LogP contribution < -0.4 is 0 Å². The lowest BCUT2D eigenvalue weighted by Gasteiger charge is -2.36. The average Bonchev–Trinajstić information content (AvgIpc) is 2.69. The molecule has 1 aromatic rings. The Labute approximate surface area is 170 Å². The maximum Gasteiger partial charge on any atom is 0.414 e. The lowest BCUT2D eigenvalue weighted by molar-refractivity contribution is -0.159. The van der Waals surface area contributed by atoms with Gasteiger partial charge in [0.1, 0.15) is 5.75 Å². The van der Waals surface area contributed by atoms with Crippen LogP contribution in [0.4, 0.5) is 0 Å². The van der Waals surface area contributed by atoms with Gasteiger partial charge >= 0.3 is 11.9 Å². The molecule has 1 aromatic carbocycles. The van der Waals surface area contributed by atoms with E-state index in [0.717, 1.165) is 69.9 Å². The first-order valence-corrected chi connectivity index (χ1v) is 10.0. The third kappa shape index (κ3) is 7.38. The summed E-state index contributed by atoms with van der Waals surface area (Å²) in [5.41, 5.74) is 1.14. The number of likely N-dealkylation sites (tertiary alicyclic amines) is 2. The summed E-state index contributed by atoms with van der Waals surface area (Å²) in [5, 5.41) is 24.3. The molecule has 2 fully saturated rings. The molecule has 3 rings (SSSR count). The first-order valence-electron chi connectivity index (χ1n) is 10.0. The summed E-state index contributed by atoms with van der Waals surface area (Å²) in [4.78, 5) is 35.3. The second kappa shape index (κ2) is 10.8. The van der Waals surface area contributed by atoms with Crippen molar-refractivity contribution in [2.45, 2.75) is 39.2 Å². The molecule has 3 N–H and O–H groups in total. The number of aliphatic carboxylic acids is 2. The van der Waals surface area contributed by atoms with Crippen molar-refractivity contribution < 1.29 is 29.7 Å². The Hall–Kier alpha value is -2.61. The predicted molar refractivity (Wildman–Crippen MR) is 106 cm³/mol. The van der Waals surface area contributed by atoms with Crippen LogP contribution in [-0.4, -0.2) is 69.1 Å². The van der Waals surface area contributed by atoms with E-state index in [9.17, 15) is 9.90 Å². The van der Waals surface area contributed by atoms with Crippen molar-refractivity contribution in [1.82, 2.24) is 9.80 Å². The fourth-order valence-corrected chi connectivity index (χ4v) is 3.74. The minimum atomic E-state index is -1.82. The second-order valence-corrected chi connectivity index (χ2v) is 7.84. The fourth-order valence-electron chi connectivity index (χ4n) is 3.74. The monoisotopic (exact) mass is 406 g/mol. The van der Waals surface area contributed by atoms with E-state index in [4.69, 9.17) is 19.8 Å². The first-order chi connectivity index (χ1) is 13.8. The number of phenols is 1. The van der Waals surface area contributed by atoms with E-state index < -0.39 is 11.9 Å². The Kier molecular flexibility index (Phi) is 8.45. The van der Waals surface area contributed by atoms with Gasteiger partial charge in [-0.3, -0.25) is 9.69 Å². The zero-order valence-corrected chi connectivity index (χ0v) is 16.8. The maximum atomic E-state index is 12.6. The highest BCUT2D eigenvalue weighted by Gasteiger charge is 2.30. The molecule has 0 aliphatic carbocycles. The molecule has 0 aromatic heterocycles. The van der Waals surface area contributed by atoms with Crippen LogP contribution in [0.25, 0.3) is 0 Å². The van der Waals surface area contributed by atoms with Crippen molar-refractivity contribution in [3.63, 3.8) is 0 Å². The van der Waals surface area contributed by atoms with Crippen molar-refractivity contribution in [2.75, 3.05) is 26.2 Å². The predicted octanol–water partition coefficient (Wildman–Crippen LogP) is 2.02. The van der Waals surface area contributed by atoms with Gasteiger partial charge in [0.25, 0.3) is 0 Å². The molecule has 0 unspecified atom stereocenters. The van der Waals surface area contributed by atoms with Gasteiger partial charge in [-0.2, -0.15) is 0 Å². The Morgan fingerprint density at radius 1 is 0.966 bits per heavy atom. The lowest BCUT2D eigenvalue weighted by Crippen LogP contribution is -2.45. The maximum absolute atomic E-state index is 12.6. The summed E-state index contributed by atoms with van der Waals surface area (Å²) in [5.74, 6) is -1.96. The van der Waals surface area contributed by atoms with E-state index in [2.05, 4.69) is 16.7 Å². The number of hydrogen-bond acceptors (Lipinski definition) is 5. The Balaban J connectivity index is 0.000000438. The molecule has 0 atom stereocenters. The van der Waals surface area contributed by atoms with Crippen molar-refractivity contribution in [3.05, 3.63) is 29.8 Å². The quantitative estimate of drug-likeness (QED) is 0.657. The van der Waals surface area contributed by atoms with Crippen LogP contribution in [0.15, 0.2) is 24.3 Å². The summed E-state index contributed by atoms with van der Waals surface area (Å²) in [6.45, 7) is 6.97. The smallest absolute Gasteiger partial charge is 0.414 e. The van der Waals surface area contributed by atoms with Crippen LogP contribution in [0, 0.1) is 11.8 Å². The number of carboxylic acids is 2. The lowest BCUT2D eigenvalue weighted by atomic mass is 9.92. The number of phenolic OH excluding ortho intramolecular Hbond substituents is 1. The Morgan fingerprint density at radius 2 is 1.55 bits per heavy atom. The van der Waals surface area contributed by atoms with Crippen molar-refractivity contribution >= 4 is 17.8 Å². The van der Waals surface area contributed by atoms with E-state index >= 15 is 0 Å². The number of carbonyl (C=O) groups is 3. The summed E-state index contributed by atoms with van der Waals surface area (Å²) in [7, 11) is 0. The normalized spacial score (nSPS) is 18.6. The molecular formula is C21H30N2O6. The molecule has 0 radical (unpaired) electrons. The van der Waals surface area contributed by atoms with Crippen molar-refractivity contribution in [1.29, 1.82) is 0 Å². The molecule has 2 aliphatic heterocycles. The average molecular weight is 406 g/mol.